The van der Waals surface area contributed by atoms with Gasteiger partial charge in [0.25, 0.3) is 15.9 Å². The van der Waals surface area contributed by atoms with Gasteiger partial charge in [-0.15, -0.1) is 0 Å². The van der Waals surface area contributed by atoms with Crippen LogP contribution in [0, 0.1) is 17.5 Å². The third kappa shape index (κ3) is 5.83. The van der Waals surface area contributed by atoms with E-state index in [9.17, 15) is 35.2 Å². The van der Waals surface area contributed by atoms with Gasteiger partial charge in [-0.05, 0) is 12.8 Å². The van der Waals surface area contributed by atoms with Crippen molar-refractivity contribution in [1.29, 1.82) is 0 Å². The molecular weight excluding hydrogens is 511 g/mol. The van der Waals surface area contributed by atoms with E-state index >= 15 is 0 Å². The van der Waals surface area contributed by atoms with Crippen molar-refractivity contribution in [3.05, 3.63) is 35.1 Å². The molecule has 36 heavy (non-hydrogen) atoms. The molecule has 1 amide bonds. The smallest absolute Gasteiger partial charge is 0.263 e. The van der Waals surface area contributed by atoms with Crippen molar-refractivity contribution in [2.45, 2.75) is 37.1 Å². The highest BCUT2D eigenvalue weighted by molar-refractivity contribution is 8.06. The van der Waals surface area contributed by atoms with E-state index in [2.05, 4.69) is 15.4 Å². The fourth-order valence-electron chi connectivity index (χ4n) is 4.59. The zero-order chi connectivity index (χ0) is 26.7. The number of benzene rings is 1. The van der Waals surface area contributed by atoms with E-state index in [1.54, 1.807) is 4.90 Å². The summed E-state index contributed by atoms with van der Waals surface area (Å²) >= 11 is 0. The number of nitrogens with zero attached hydrogens (tertiary/aromatic N) is 4. The van der Waals surface area contributed by atoms with E-state index in [1.807, 2.05) is 0 Å². The maximum absolute atomic E-state index is 14.0. The van der Waals surface area contributed by atoms with Gasteiger partial charge in [-0.25, -0.2) is 30.4 Å². The van der Waals surface area contributed by atoms with Crippen LogP contribution in [0.15, 0.2) is 22.2 Å². The first kappa shape index (κ1) is 27.9. The van der Waals surface area contributed by atoms with Crippen molar-refractivity contribution >= 4 is 27.2 Å². The van der Waals surface area contributed by atoms with Crippen molar-refractivity contribution in [2.24, 2.45) is 15.9 Å². The van der Waals surface area contributed by atoms with Gasteiger partial charge < -0.3 is 11.2 Å². The number of halogens is 5. The van der Waals surface area contributed by atoms with Crippen LogP contribution < -0.4 is 11.2 Å². The summed E-state index contributed by atoms with van der Waals surface area (Å²) in [6.07, 6.45) is -0.0241. The summed E-state index contributed by atoms with van der Waals surface area (Å²) in [5, 5.41) is 5.25. The second kappa shape index (κ2) is 10.8. The third-order valence-corrected chi connectivity index (χ3v) is 8.39. The summed E-state index contributed by atoms with van der Waals surface area (Å²) in [5.41, 5.74) is -1.98. The average Bonchev–Trinajstić information content (AvgIpc) is 2.81. The Balaban J connectivity index is 1.77. The van der Waals surface area contributed by atoms with Crippen molar-refractivity contribution in [3.63, 3.8) is 0 Å². The van der Waals surface area contributed by atoms with Crippen molar-refractivity contribution in [3.8, 4) is 0 Å². The number of carbonyl (C=O) groups is 1. The van der Waals surface area contributed by atoms with E-state index in [0.717, 1.165) is 10.5 Å². The van der Waals surface area contributed by atoms with Crippen LogP contribution in [0.2, 0.25) is 0 Å². The van der Waals surface area contributed by atoms with Gasteiger partial charge in [0.15, 0.2) is 0 Å². The van der Waals surface area contributed by atoms with Gasteiger partial charge in [-0.1, -0.05) is 0 Å². The second-order valence-corrected chi connectivity index (χ2v) is 10.6. The number of rotatable bonds is 6. The molecule has 0 aromatic heterocycles. The molecule has 0 atom stereocenters. The predicted molar refractivity (Wildman–Crippen MR) is 123 cm³/mol. The summed E-state index contributed by atoms with van der Waals surface area (Å²) in [6, 6.07) is 0.744. The normalized spacial score (nSPS) is 21.6. The Kier molecular flexibility index (Phi) is 8.35. The molecule has 3 rings (SSSR count). The molecule has 0 radical (unpaired) electrons. The fourth-order valence-corrected chi connectivity index (χ4v) is 5.87. The molecular formula is C21H27F5N6O3S. The Morgan fingerprint density at radius 3 is 2.14 bits per heavy atom. The fraction of sp³-hybridized carbons (Fsp3) is 0.571. The minimum atomic E-state index is -4.03. The molecule has 1 saturated carbocycles. The van der Waals surface area contributed by atoms with E-state index in [-0.39, 0.29) is 45.6 Å². The Morgan fingerprint density at radius 1 is 1.08 bits per heavy atom. The largest absolute Gasteiger partial charge is 0.350 e. The molecule has 1 aliphatic heterocycles. The summed E-state index contributed by atoms with van der Waals surface area (Å²) < 4.78 is 95.9. The van der Waals surface area contributed by atoms with Crippen molar-refractivity contribution in [2.75, 3.05) is 39.8 Å². The molecule has 1 saturated heterocycles. The van der Waals surface area contributed by atoms with Crippen LogP contribution in [0.25, 0.3) is 0 Å². The Bertz CT molecular complexity index is 1120. The van der Waals surface area contributed by atoms with Gasteiger partial charge >= 0.3 is 0 Å². The van der Waals surface area contributed by atoms with Crippen LogP contribution in [0.4, 0.5) is 22.0 Å². The van der Waals surface area contributed by atoms with E-state index in [1.165, 1.54) is 7.05 Å². The number of hydrogen-bond acceptors (Lipinski definition) is 7. The number of piperazine rings is 1. The lowest BCUT2D eigenvalue weighted by atomic mass is 9.78. The predicted octanol–water partition coefficient (Wildman–Crippen LogP) is 1.70. The van der Waals surface area contributed by atoms with Gasteiger partial charge in [0.2, 0.25) is 11.0 Å². The molecule has 1 aromatic rings. The molecule has 2 aliphatic rings. The quantitative estimate of drug-likeness (QED) is 0.188. The number of sulfonamides is 1. The lowest BCUT2D eigenvalue weighted by Crippen LogP contribution is -2.63. The lowest BCUT2D eigenvalue weighted by Gasteiger charge is -2.50. The molecule has 9 nitrogen and oxygen atoms in total. The number of carbonyl (C=O) groups excluding carboxylic acids is 1. The SMILES string of the molecule is CN=CC(=NN)S(=O)(=O)N1CCN(C2(CNC(=O)c3c(F)cc(F)cc3F)CCC(F)(F)CC2)CC1. The molecule has 1 aromatic carbocycles. The Morgan fingerprint density at radius 2 is 1.64 bits per heavy atom. The number of hydrazone groups is 1. The highest BCUT2D eigenvalue weighted by Gasteiger charge is 2.48. The monoisotopic (exact) mass is 538 g/mol. The molecule has 1 heterocycles. The molecule has 1 aliphatic carbocycles. The third-order valence-electron chi connectivity index (χ3n) is 6.60. The summed E-state index contributed by atoms with van der Waals surface area (Å²) in [5.74, 6) is -2.83. The molecule has 2 fully saturated rings. The van der Waals surface area contributed by atoms with Crippen LogP contribution in [-0.2, 0) is 10.0 Å². The van der Waals surface area contributed by atoms with Gasteiger partial charge in [0, 0.05) is 70.3 Å². The maximum atomic E-state index is 14.0. The summed E-state index contributed by atoms with van der Waals surface area (Å²) in [7, 11) is -2.66. The van der Waals surface area contributed by atoms with E-state index in [0.29, 0.717) is 12.1 Å². The number of nitrogens with one attached hydrogen (secondary N) is 1. The zero-order valence-electron chi connectivity index (χ0n) is 19.5. The van der Waals surface area contributed by atoms with E-state index < -0.39 is 68.3 Å². The van der Waals surface area contributed by atoms with Crippen LogP contribution >= 0.6 is 0 Å². The number of hydrogen-bond donors (Lipinski definition) is 2. The summed E-state index contributed by atoms with van der Waals surface area (Å²) in [6.45, 7) is 0.0451. The van der Waals surface area contributed by atoms with Crippen molar-refractivity contribution in [1.82, 2.24) is 14.5 Å². The highest BCUT2D eigenvalue weighted by atomic mass is 32.2. The van der Waals surface area contributed by atoms with Crippen LogP contribution in [0.5, 0.6) is 0 Å². The molecule has 3 N–H and O–H groups in total. The van der Waals surface area contributed by atoms with Gasteiger partial charge in [-0.2, -0.15) is 9.41 Å². The first-order valence-electron chi connectivity index (χ1n) is 11.1. The number of aliphatic imine (C=N–C) groups is 1. The minimum absolute atomic E-state index is 0.00772. The van der Waals surface area contributed by atoms with Crippen LogP contribution in [0.3, 0.4) is 0 Å². The Hall–Kier alpha value is -2.65. The van der Waals surface area contributed by atoms with Crippen molar-refractivity contribution < 1.29 is 35.2 Å². The second-order valence-electron chi connectivity index (χ2n) is 8.75. The zero-order valence-corrected chi connectivity index (χ0v) is 20.3. The maximum Gasteiger partial charge on any atom is 0.263 e. The molecule has 0 bridgehead atoms. The first-order chi connectivity index (χ1) is 16.8. The molecule has 0 unspecified atom stereocenters. The standard InChI is InChI=1S/C21H27F5N6O3S/c1-28-12-17(30-27)36(34,35)32-8-6-31(7-9-32)20(2-4-21(25,26)5-3-20)13-29-19(33)18-15(23)10-14(22)11-16(18)24/h10-12H,2-9,13,27H2,1H3,(H,29,33). The molecule has 0 spiro atoms. The number of alkyl halides is 2. The van der Waals surface area contributed by atoms with Gasteiger partial charge in [0.1, 0.15) is 23.0 Å². The van der Waals surface area contributed by atoms with E-state index in [4.69, 9.17) is 5.84 Å². The first-order valence-corrected chi connectivity index (χ1v) is 12.5. The molecule has 200 valence electrons. The minimum Gasteiger partial charge on any atom is -0.350 e. The number of nitrogens with two attached hydrogens (primary N) is 1. The average molecular weight is 539 g/mol. The number of amides is 1. The van der Waals surface area contributed by atoms with Crippen LogP contribution in [-0.4, -0.2) is 86.0 Å². The van der Waals surface area contributed by atoms with Gasteiger partial charge in [-0.3, -0.25) is 14.7 Å². The van der Waals surface area contributed by atoms with Crippen LogP contribution in [0.1, 0.15) is 36.0 Å². The van der Waals surface area contributed by atoms with Gasteiger partial charge in [0.05, 0.1) is 6.21 Å². The topological polar surface area (TPSA) is 120 Å². The lowest BCUT2D eigenvalue weighted by molar-refractivity contribution is -0.0855. The highest BCUT2D eigenvalue weighted by Crippen LogP contribution is 2.42. The molecule has 15 heteroatoms. The summed E-state index contributed by atoms with van der Waals surface area (Å²) in [4.78, 5) is 18.0. The Labute approximate surface area is 205 Å².